The summed E-state index contributed by atoms with van der Waals surface area (Å²) < 4.78 is 51.9. The Kier molecular flexibility index (Phi) is 3.69. The monoisotopic (exact) mass is 346 g/mol. The van der Waals surface area contributed by atoms with Crippen LogP contribution >= 0.6 is 0 Å². The molecule has 3 rings (SSSR count). The van der Waals surface area contributed by atoms with E-state index >= 15 is 0 Å². The van der Waals surface area contributed by atoms with E-state index in [1.807, 2.05) is 0 Å². The lowest BCUT2D eigenvalue weighted by Gasteiger charge is -2.38. The molecule has 2 amide bonds. The Morgan fingerprint density at radius 1 is 1.29 bits per heavy atom. The summed E-state index contributed by atoms with van der Waals surface area (Å²) in [6, 6.07) is 1.82. The minimum absolute atomic E-state index is 0.172. The van der Waals surface area contributed by atoms with E-state index in [0.29, 0.717) is 25.3 Å². The molecular formula is C15H14F4N2O3. The summed E-state index contributed by atoms with van der Waals surface area (Å²) in [5, 5.41) is 11.6. The number of nitrogens with one attached hydrogen (secondary N) is 1. The van der Waals surface area contributed by atoms with Crippen molar-refractivity contribution in [1.29, 1.82) is 0 Å². The number of carbonyl (C=O) groups excluding carboxylic acids is 1. The fourth-order valence-corrected chi connectivity index (χ4v) is 2.86. The molecule has 1 saturated carbocycles. The molecule has 1 unspecified atom stereocenters. The number of hydrogen-bond acceptors (Lipinski definition) is 2. The second-order valence-electron chi connectivity index (χ2n) is 6.04. The molecule has 1 atom stereocenters. The summed E-state index contributed by atoms with van der Waals surface area (Å²) in [6.45, 7) is 0.245. The van der Waals surface area contributed by atoms with Gasteiger partial charge in [0.1, 0.15) is 11.9 Å². The maximum absolute atomic E-state index is 13.4. The molecule has 1 saturated heterocycles. The molecule has 2 aliphatic rings. The zero-order valence-electron chi connectivity index (χ0n) is 12.4. The molecule has 1 aromatic rings. The van der Waals surface area contributed by atoms with Crippen molar-refractivity contribution < 1.29 is 32.3 Å². The van der Waals surface area contributed by atoms with Crippen LogP contribution in [-0.2, 0) is 16.5 Å². The molecule has 0 bridgehead atoms. The highest BCUT2D eigenvalue weighted by atomic mass is 19.4. The summed E-state index contributed by atoms with van der Waals surface area (Å²) in [7, 11) is 0. The highest BCUT2D eigenvalue weighted by molar-refractivity contribution is 5.87. The molecule has 130 valence electrons. The van der Waals surface area contributed by atoms with Crippen LogP contribution in [0.1, 0.15) is 30.4 Å². The zero-order valence-corrected chi connectivity index (χ0v) is 12.4. The number of nitrogens with zero attached hydrogens (tertiary/aromatic N) is 1. The third kappa shape index (κ3) is 2.78. The Morgan fingerprint density at radius 2 is 1.96 bits per heavy atom. The van der Waals surface area contributed by atoms with Crippen LogP contribution in [0.4, 0.5) is 22.4 Å². The Labute approximate surface area is 134 Å². The number of carboxylic acid groups (broad SMARTS) is 1. The highest BCUT2D eigenvalue weighted by Gasteiger charge is 2.49. The van der Waals surface area contributed by atoms with Gasteiger partial charge in [0, 0.05) is 6.54 Å². The van der Waals surface area contributed by atoms with Crippen molar-refractivity contribution in [2.45, 2.75) is 37.0 Å². The summed E-state index contributed by atoms with van der Waals surface area (Å²) in [5.74, 6) is -1.91. The summed E-state index contributed by atoms with van der Waals surface area (Å²) in [6.07, 6.45) is -4.84. The van der Waals surface area contributed by atoms with Crippen LogP contribution in [0, 0.1) is 5.82 Å². The first-order valence-corrected chi connectivity index (χ1v) is 7.33. The molecule has 24 heavy (non-hydrogen) atoms. The molecule has 1 aliphatic heterocycles. The minimum atomic E-state index is -4.83. The lowest BCUT2D eigenvalue weighted by Crippen LogP contribution is -2.59. The number of benzene rings is 1. The van der Waals surface area contributed by atoms with Gasteiger partial charge in [-0.25, -0.2) is 9.18 Å². The summed E-state index contributed by atoms with van der Waals surface area (Å²) in [4.78, 5) is 24.1. The first-order valence-electron chi connectivity index (χ1n) is 7.33. The number of rotatable bonds is 3. The van der Waals surface area contributed by atoms with Crippen LogP contribution in [0.25, 0.3) is 0 Å². The summed E-state index contributed by atoms with van der Waals surface area (Å²) >= 11 is 0. The molecular weight excluding hydrogens is 332 g/mol. The maximum Gasteiger partial charge on any atom is 0.419 e. The van der Waals surface area contributed by atoms with Crippen molar-refractivity contribution in [2.24, 2.45) is 0 Å². The fraction of sp³-hybridized carbons (Fsp3) is 0.467. The van der Waals surface area contributed by atoms with E-state index < -0.39 is 41.1 Å². The van der Waals surface area contributed by atoms with Crippen LogP contribution in [0.2, 0.25) is 0 Å². The van der Waals surface area contributed by atoms with Gasteiger partial charge in [-0.1, -0.05) is 6.07 Å². The van der Waals surface area contributed by atoms with E-state index in [2.05, 4.69) is 5.32 Å². The second kappa shape index (κ2) is 5.35. The second-order valence-corrected chi connectivity index (χ2v) is 6.04. The fourth-order valence-electron chi connectivity index (χ4n) is 2.86. The standard InChI is InChI=1S/C15H14F4N2O3/c16-10-2-1-8(7-9(10)15(17,18)19)14(4-5-14)20-12(22)11-3-6-21(11)13(23)24/h1-2,7,11H,3-6H2,(H,20,22)(H,23,24). The third-order valence-corrected chi connectivity index (χ3v) is 4.50. The van der Waals surface area contributed by atoms with Crippen LogP contribution in [0.3, 0.4) is 0 Å². The van der Waals surface area contributed by atoms with Gasteiger partial charge < -0.3 is 10.4 Å². The SMILES string of the molecule is O=C(NC1(c2ccc(F)c(C(F)(F)F)c2)CC1)C1CCN1C(=O)O. The number of carbonyl (C=O) groups is 2. The van der Waals surface area contributed by atoms with E-state index in [-0.39, 0.29) is 12.1 Å². The van der Waals surface area contributed by atoms with Crippen molar-refractivity contribution >= 4 is 12.0 Å². The van der Waals surface area contributed by atoms with Gasteiger partial charge >= 0.3 is 12.3 Å². The van der Waals surface area contributed by atoms with E-state index in [9.17, 15) is 27.2 Å². The number of alkyl halides is 3. The third-order valence-electron chi connectivity index (χ3n) is 4.50. The molecule has 1 aromatic carbocycles. The van der Waals surface area contributed by atoms with Crippen molar-refractivity contribution in [3.05, 3.63) is 35.1 Å². The summed E-state index contributed by atoms with van der Waals surface area (Å²) in [5.41, 5.74) is -2.19. The highest BCUT2D eigenvalue weighted by Crippen LogP contribution is 2.47. The van der Waals surface area contributed by atoms with E-state index in [0.717, 1.165) is 11.0 Å². The van der Waals surface area contributed by atoms with Crippen LogP contribution < -0.4 is 5.32 Å². The van der Waals surface area contributed by atoms with Crippen molar-refractivity contribution in [2.75, 3.05) is 6.54 Å². The van der Waals surface area contributed by atoms with Gasteiger partial charge in [0.15, 0.2) is 0 Å². The predicted octanol–water partition coefficient (Wildman–Crippen LogP) is 2.70. The molecule has 1 aliphatic carbocycles. The number of hydrogen-bond donors (Lipinski definition) is 2. The number of halogens is 4. The lowest BCUT2D eigenvalue weighted by molar-refractivity contribution is -0.140. The molecule has 1 heterocycles. The zero-order chi connectivity index (χ0) is 17.7. The molecule has 0 spiro atoms. The molecule has 0 aromatic heterocycles. The Hall–Kier alpha value is -2.32. The van der Waals surface area contributed by atoms with Gasteiger partial charge in [-0.05, 0) is 37.0 Å². The Bertz CT molecular complexity index is 700. The maximum atomic E-state index is 13.4. The van der Waals surface area contributed by atoms with Crippen molar-refractivity contribution in [1.82, 2.24) is 10.2 Å². The van der Waals surface area contributed by atoms with Gasteiger partial charge in [0.05, 0.1) is 11.1 Å². The van der Waals surface area contributed by atoms with Gasteiger partial charge in [0.25, 0.3) is 0 Å². The van der Waals surface area contributed by atoms with E-state index in [4.69, 9.17) is 5.11 Å². The van der Waals surface area contributed by atoms with Crippen molar-refractivity contribution in [3.63, 3.8) is 0 Å². The first-order chi connectivity index (χ1) is 11.1. The number of amides is 2. The first kappa shape index (κ1) is 16.5. The van der Waals surface area contributed by atoms with Gasteiger partial charge in [0.2, 0.25) is 5.91 Å². The van der Waals surface area contributed by atoms with Crippen LogP contribution in [0.5, 0.6) is 0 Å². The van der Waals surface area contributed by atoms with Crippen molar-refractivity contribution in [3.8, 4) is 0 Å². The van der Waals surface area contributed by atoms with Gasteiger partial charge in [-0.15, -0.1) is 0 Å². The predicted molar refractivity (Wildman–Crippen MR) is 73.6 cm³/mol. The lowest BCUT2D eigenvalue weighted by atomic mass is 9.98. The molecule has 2 N–H and O–H groups in total. The van der Waals surface area contributed by atoms with Gasteiger partial charge in [-0.2, -0.15) is 13.2 Å². The molecule has 2 fully saturated rings. The quantitative estimate of drug-likeness (QED) is 0.827. The topological polar surface area (TPSA) is 69.6 Å². The molecule has 9 heteroatoms. The van der Waals surface area contributed by atoms with E-state index in [1.54, 1.807) is 0 Å². The average Bonchev–Trinajstić information content (AvgIpc) is 3.16. The molecule has 5 nitrogen and oxygen atoms in total. The van der Waals surface area contributed by atoms with Gasteiger partial charge in [-0.3, -0.25) is 9.69 Å². The molecule has 0 radical (unpaired) electrons. The normalized spacial score (nSPS) is 21.8. The van der Waals surface area contributed by atoms with Crippen LogP contribution in [0.15, 0.2) is 18.2 Å². The minimum Gasteiger partial charge on any atom is -0.465 e. The van der Waals surface area contributed by atoms with E-state index in [1.165, 1.54) is 6.07 Å². The smallest absolute Gasteiger partial charge is 0.419 e. The average molecular weight is 346 g/mol. The largest absolute Gasteiger partial charge is 0.465 e. The Morgan fingerprint density at radius 3 is 2.42 bits per heavy atom. The number of likely N-dealkylation sites (tertiary alicyclic amines) is 1. The van der Waals surface area contributed by atoms with Crippen LogP contribution in [-0.4, -0.2) is 34.6 Å². The Balaban J connectivity index is 1.80.